The van der Waals surface area contributed by atoms with Crippen LogP contribution in [0.25, 0.3) is 0 Å². The molecule has 0 saturated carbocycles. The molecular weight excluding hydrogens is 793 g/mol. The second-order valence-corrected chi connectivity index (χ2v) is 19.2. The highest BCUT2D eigenvalue weighted by atomic mass is 16.6. The minimum absolute atomic E-state index is 0.0698. The number of ether oxygens (including phenoxy) is 3. The molecule has 6 heteroatoms. The lowest BCUT2D eigenvalue weighted by Gasteiger charge is -2.18. The number of carbonyl (C=O) groups excluding carboxylic acids is 3. The van der Waals surface area contributed by atoms with Crippen molar-refractivity contribution >= 4 is 17.9 Å². The molecule has 0 aromatic carbocycles. The summed E-state index contributed by atoms with van der Waals surface area (Å²) in [5, 5.41) is 0. The lowest BCUT2D eigenvalue weighted by atomic mass is 10.0. The Bertz CT molecular complexity index is 1040. The molecule has 376 valence electrons. The van der Waals surface area contributed by atoms with Gasteiger partial charge in [-0.15, -0.1) is 0 Å². The lowest BCUT2D eigenvalue weighted by Crippen LogP contribution is -2.30. The number of rotatable bonds is 52. The van der Waals surface area contributed by atoms with E-state index in [1.807, 2.05) is 0 Å². The van der Waals surface area contributed by atoms with Crippen LogP contribution in [0.15, 0.2) is 24.3 Å². The monoisotopic (exact) mass is 901 g/mol. The van der Waals surface area contributed by atoms with Crippen molar-refractivity contribution in [2.24, 2.45) is 0 Å². The van der Waals surface area contributed by atoms with E-state index in [2.05, 4.69) is 45.1 Å². The van der Waals surface area contributed by atoms with Crippen LogP contribution in [0.5, 0.6) is 0 Å². The van der Waals surface area contributed by atoms with Gasteiger partial charge in [-0.3, -0.25) is 14.4 Å². The smallest absolute Gasteiger partial charge is 0.306 e. The molecule has 6 nitrogen and oxygen atoms in total. The summed E-state index contributed by atoms with van der Waals surface area (Å²) in [5.74, 6) is -0.863. The van der Waals surface area contributed by atoms with Crippen LogP contribution in [0, 0.1) is 0 Å². The first-order valence-electron chi connectivity index (χ1n) is 28.3. The molecule has 0 unspecified atom stereocenters. The second-order valence-electron chi connectivity index (χ2n) is 19.2. The molecule has 0 aromatic rings. The highest BCUT2D eigenvalue weighted by molar-refractivity contribution is 5.71. The van der Waals surface area contributed by atoms with Crippen LogP contribution in [0.2, 0.25) is 0 Å². The fraction of sp³-hybridized carbons (Fsp3) is 0.879. The molecule has 1 atom stereocenters. The zero-order valence-electron chi connectivity index (χ0n) is 43.1. The van der Waals surface area contributed by atoms with Crippen LogP contribution in [-0.4, -0.2) is 37.2 Å². The largest absolute Gasteiger partial charge is 0.462 e. The average Bonchev–Trinajstić information content (AvgIpc) is 3.29. The van der Waals surface area contributed by atoms with Gasteiger partial charge in [-0.05, 0) is 70.6 Å². The normalized spacial score (nSPS) is 12.1. The molecule has 0 radical (unpaired) electrons. The van der Waals surface area contributed by atoms with Crippen molar-refractivity contribution in [1.29, 1.82) is 0 Å². The summed E-state index contributed by atoms with van der Waals surface area (Å²) in [6, 6.07) is 0. The predicted molar refractivity (Wildman–Crippen MR) is 275 cm³/mol. The average molecular weight is 901 g/mol. The molecule has 0 fully saturated rings. The third kappa shape index (κ3) is 50.9. The number of esters is 3. The maximum absolute atomic E-state index is 12.8. The maximum atomic E-state index is 12.8. The van der Waals surface area contributed by atoms with Gasteiger partial charge in [0.25, 0.3) is 0 Å². The van der Waals surface area contributed by atoms with Gasteiger partial charge < -0.3 is 14.2 Å². The van der Waals surface area contributed by atoms with Gasteiger partial charge in [0.05, 0.1) is 0 Å². The fourth-order valence-electron chi connectivity index (χ4n) is 8.37. The minimum atomic E-state index is -0.770. The van der Waals surface area contributed by atoms with Gasteiger partial charge >= 0.3 is 17.9 Å². The Labute approximate surface area is 398 Å². The van der Waals surface area contributed by atoms with Crippen LogP contribution >= 0.6 is 0 Å². The third-order valence-corrected chi connectivity index (χ3v) is 12.7. The van der Waals surface area contributed by atoms with Gasteiger partial charge in [-0.25, -0.2) is 0 Å². The SMILES string of the molecule is CCCCCC/C=C\CCCCCCCC(=O)OC[C@H](COC(=O)CCCCCCCCCCCCCC)OC(=O)CCCCCCCCCCCCC/C=C\CCCCCCCC. The first-order valence-corrected chi connectivity index (χ1v) is 28.3. The zero-order valence-corrected chi connectivity index (χ0v) is 43.1. The molecule has 64 heavy (non-hydrogen) atoms. The highest BCUT2D eigenvalue weighted by Crippen LogP contribution is 2.16. The Hall–Kier alpha value is -2.11. The molecule has 0 aliphatic carbocycles. The van der Waals surface area contributed by atoms with E-state index in [1.54, 1.807) is 0 Å². The summed E-state index contributed by atoms with van der Waals surface area (Å²) in [7, 11) is 0. The highest BCUT2D eigenvalue weighted by Gasteiger charge is 2.19. The summed E-state index contributed by atoms with van der Waals surface area (Å²) in [5.41, 5.74) is 0. The Balaban J connectivity index is 4.28. The van der Waals surface area contributed by atoms with Gasteiger partial charge in [0, 0.05) is 19.3 Å². The van der Waals surface area contributed by atoms with E-state index >= 15 is 0 Å². The van der Waals surface area contributed by atoms with E-state index < -0.39 is 6.10 Å². The molecule has 0 aliphatic rings. The molecule has 0 aromatic heterocycles. The molecule has 0 bridgehead atoms. The van der Waals surface area contributed by atoms with E-state index in [-0.39, 0.29) is 31.1 Å². The Morgan fingerprint density at radius 2 is 0.516 bits per heavy atom. The van der Waals surface area contributed by atoms with Crippen LogP contribution in [0.3, 0.4) is 0 Å². The second kappa shape index (κ2) is 53.5. The molecule has 0 aliphatic heterocycles. The van der Waals surface area contributed by atoms with Crippen LogP contribution in [0.4, 0.5) is 0 Å². The van der Waals surface area contributed by atoms with Crippen molar-refractivity contribution in [3.63, 3.8) is 0 Å². The molecule has 0 amide bonds. The van der Waals surface area contributed by atoms with E-state index in [0.717, 1.165) is 64.2 Å². The zero-order chi connectivity index (χ0) is 46.5. The summed E-state index contributed by atoms with van der Waals surface area (Å²) in [4.78, 5) is 38.0. The van der Waals surface area contributed by atoms with Crippen molar-refractivity contribution in [2.45, 2.75) is 316 Å². The summed E-state index contributed by atoms with van der Waals surface area (Å²) >= 11 is 0. The minimum Gasteiger partial charge on any atom is -0.462 e. The van der Waals surface area contributed by atoms with Crippen molar-refractivity contribution in [2.75, 3.05) is 13.2 Å². The third-order valence-electron chi connectivity index (χ3n) is 12.7. The number of hydrogen-bond acceptors (Lipinski definition) is 6. The molecule has 0 saturated heterocycles. The van der Waals surface area contributed by atoms with Gasteiger partial charge in [0.1, 0.15) is 13.2 Å². The molecule has 0 N–H and O–H groups in total. The summed E-state index contributed by atoms with van der Waals surface area (Å²) in [6.45, 7) is 6.65. The van der Waals surface area contributed by atoms with Crippen molar-refractivity contribution in [1.82, 2.24) is 0 Å². The van der Waals surface area contributed by atoms with E-state index in [4.69, 9.17) is 14.2 Å². The fourth-order valence-corrected chi connectivity index (χ4v) is 8.37. The predicted octanol–water partition coefficient (Wildman–Crippen LogP) is 18.7. The van der Waals surface area contributed by atoms with Crippen LogP contribution < -0.4 is 0 Å². The quantitative estimate of drug-likeness (QED) is 0.0262. The number of hydrogen-bond donors (Lipinski definition) is 0. The number of allylic oxidation sites excluding steroid dienone is 4. The van der Waals surface area contributed by atoms with Crippen molar-refractivity contribution < 1.29 is 28.6 Å². The maximum Gasteiger partial charge on any atom is 0.306 e. The standard InChI is InChI=1S/C58H108O6/c1-4-7-10-13-16-19-22-25-26-27-28-29-30-31-32-34-37-40-43-46-49-52-58(61)64-55(53-62-56(59)50-47-44-41-38-35-24-21-18-15-12-9-6-3)54-63-57(60)51-48-45-42-39-36-33-23-20-17-14-11-8-5-2/h20,23,25-26,55H,4-19,21-22,24,27-54H2,1-3H3/b23-20-,26-25-/t55-/m0/s1. The van der Waals surface area contributed by atoms with Gasteiger partial charge in [0.2, 0.25) is 0 Å². The van der Waals surface area contributed by atoms with Crippen molar-refractivity contribution in [3.05, 3.63) is 24.3 Å². The first kappa shape index (κ1) is 61.9. The van der Waals surface area contributed by atoms with Crippen LogP contribution in [0.1, 0.15) is 310 Å². The summed E-state index contributed by atoms with van der Waals surface area (Å²) in [6.07, 6.45) is 61.7. The Morgan fingerprint density at radius 3 is 0.797 bits per heavy atom. The Morgan fingerprint density at radius 1 is 0.297 bits per heavy atom. The number of unbranched alkanes of at least 4 members (excludes halogenated alkanes) is 37. The lowest BCUT2D eigenvalue weighted by molar-refractivity contribution is -0.167. The van der Waals surface area contributed by atoms with E-state index in [1.165, 1.54) is 205 Å². The molecule has 0 heterocycles. The Kier molecular flexibility index (Phi) is 51.7. The van der Waals surface area contributed by atoms with Crippen LogP contribution in [-0.2, 0) is 28.6 Å². The van der Waals surface area contributed by atoms with Gasteiger partial charge in [0.15, 0.2) is 6.10 Å². The molecular formula is C58H108O6. The molecule has 0 spiro atoms. The number of carbonyl (C=O) groups is 3. The van der Waals surface area contributed by atoms with E-state index in [9.17, 15) is 14.4 Å². The topological polar surface area (TPSA) is 78.9 Å². The van der Waals surface area contributed by atoms with Crippen molar-refractivity contribution in [3.8, 4) is 0 Å². The molecule has 0 rings (SSSR count). The van der Waals surface area contributed by atoms with Gasteiger partial charge in [-0.1, -0.05) is 244 Å². The first-order chi connectivity index (χ1) is 31.5. The summed E-state index contributed by atoms with van der Waals surface area (Å²) < 4.78 is 16.8. The van der Waals surface area contributed by atoms with Gasteiger partial charge in [-0.2, -0.15) is 0 Å². The van der Waals surface area contributed by atoms with E-state index in [0.29, 0.717) is 19.3 Å².